The van der Waals surface area contributed by atoms with Crippen LogP contribution in [-0.4, -0.2) is 24.2 Å². The first-order chi connectivity index (χ1) is 8.00. The summed E-state index contributed by atoms with van der Waals surface area (Å²) in [6.07, 6.45) is 0.977. The molecule has 0 fully saturated rings. The van der Waals surface area contributed by atoms with Crippen LogP contribution < -0.4 is 10.6 Å². The van der Waals surface area contributed by atoms with E-state index in [1.165, 1.54) is 10.5 Å². The second kappa shape index (κ2) is 4.70. The zero-order valence-corrected chi connectivity index (χ0v) is 11.3. The Labute approximate surface area is 106 Å². The van der Waals surface area contributed by atoms with Crippen molar-refractivity contribution in [3.63, 3.8) is 0 Å². The van der Waals surface area contributed by atoms with E-state index in [0.29, 0.717) is 5.75 Å². The molecule has 0 saturated heterocycles. The predicted octanol–water partition coefficient (Wildman–Crippen LogP) is 2.27. The number of thioether (sulfide) groups is 1. The number of fused-ring (bicyclic) bond motifs is 1. The molecule has 0 aromatic heterocycles. The van der Waals surface area contributed by atoms with Crippen molar-refractivity contribution in [1.29, 1.82) is 0 Å². The lowest BCUT2D eigenvalue weighted by Gasteiger charge is -2.25. The molecule has 2 rings (SSSR count). The number of anilines is 1. The molecule has 1 amide bonds. The van der Waals surface area contributed by atoms with Crippen LogP contribution in [0.4, 0.5) is 5.69 Å². The largest absolute Gasteiger partial charge is 0.324 e. The van der Waals surface area contributed by atoms with E-state index in [4.69, 9.17) is 0 Å². The summed E-state index contributed by atoms with van der Waals surface area (Å²) in [4.78, 5) is 12.4. The van der Waals surface area contributed by atoms with Crippen LogP contribution in [-0.2, 0) is 11.2 Å². The monoisotopic (exact) mass is 250 g/mol. The molecule has 3 nitrogen and oxygen atoms in total. The maximum atomic E-state index is 11.2. The van der Waals surface area contributed by atoms with Gasteiger partial charge in [0.05, 0.1) is 11.4 Å². The average Bonchev–Trinajstić information content (AvgIpc) is 2.29. The number of rotatable bonds is 3. The molecule has 4 heteroatoms. The first kappa shape index (κ1) is 12.5. The van der Waals surface area contributed by atoms with E-state index in [1.807, 2.05) is 13.1 Å². The van der Waals surface area contributed by atoms with Gasteiger partial charge in [0.2, 0.25) is 5.91 Å². The van der Waals surface area contributed by atoms with E-state index >= 15 is 0 Å². The number of carbonyl (C=O) groups is 1. The Morgan fingerprint density at radius 3 is 2.94 bits per heavy atom. The standard InChI is InChI=1S/C13H18N2OS/c1-13(2,14-3)7-9-4-5-10-11(6-9)17-8-12(16)15-10/h4-6,14H,7-8H2,1-3H3,(H,15,16). The number of hydrogen-bond acceptors (Lipinski definition) is 3. The molecule has 0 saturated carbocycles. The van der Waals surface area contributed by atoms with Crippen LogP contribution in [0.15, 0.2) is 23.1 Å². The zero-order valence-electron chi connectivity index (χ0n) is 10.5. The Morgan fingerprint density at radius 2 is 2.24 bits per heavy atom. The molecular weight excluding hydrogens is 232 g/mol. The first-order valence-corrected chi connectivity index (χ1v) is 6.73. The van der Waals surface area contributed by atoms with Gasteiger partial charge in [0.25, 0.3) is 0 Å². The maximum absolute atomic E-state index is 11.2. The normalized spacial score (nSPS) is 15.4. The van der Waals surface area contributed by atoms with Crippen LogP contribution in [0.1, 0.15) is 19.4 Å². The van der Waals surface area contributed by atoms with Crippen molar-refractivity contribution in [3.8, 4) is 0 Å². The fourth-order valence-corrected chi connectivity index (χ4v) is 2.70. The average molecular weight is 250 g/mol. The van der Waals surface area contributed by atoms with Gasteiger partial charge in [-0.3, -0.25) is 4.79 Å². The van der Waals surface area contributed by atoms with Gasteiger partial charge in [-0.1, -0.05) is 6.07 Å². The molecule has 0 radical (unpaired) electrons. The number of likely N-dealkylation sites (N-methyl/N-ethyl adjacent to an activating group) is 1. The van der Waals surface area contributed by atoms with Crippen LogP contribution in [0.5, 0.6) is 0 Å². The van der Waals surface area contributed by atoms with Crippen molar-refractivity contribution in [3.05, 3.63) is 23.8 Å². The molecule has 1 aliphatic rings. The van der Waals surface area contributed by atoms with Gasteiger partial charge in [-0.15, -0.1) is 11.8 Å². The molecular formula is C13H18N2OS. The Balaban J connectivity index is 2.19. The summed E-state index contributed by atoms with van der Waals surface area (Å²) in [5, 5.41) is 6.19. The van der Waals surface area contributed by atoms with Crippen molar-refractivity contribution in [1.82, 2.24) is 5.32 Å². The van der Waals surface area contributed by atoms with Gasteiger partial charge >= 0.3 is 0 Å². The Morgan fingerprint density at radius 1 is 1.47 bits per heavy atom. The fourth-order valence-electron chi connectivity index (χ4n) is 1.83. The minimum absolute atomic E-state index is 0.0887. The summed E-state index contributed by atoms with van der Waals surface area (Å²) < 4.78 is 0. The summed E-state index contributed by atoms with van der Waals surface area (Å²) in [6.45, 7) is 4.36. The third kappa shape index (κ3) is 3.01. The Bertz CT molecular complexity index is 443. The number of benzene rings is 1. The molecule has 92 valence electrons. The van der Waals surface area contributed by atoms with Crippen LogP contribution in [0, 0.1) is 0 Å². The van der Waals surface area contributed by atoms with E-state index in [9.17, 15) is 4.79 Å². The van der Waals surface area contributed by atoms with E-state index < -0.39 is 0 Å². The zero-order chi connectivity index (χ0) is 12.5. The smallest absolute Gasteiger partial charge is 0.234 e. The van der Waals surface area contributed by atoms with Gasteiger partial charge in [-0.05, 0) is 45.0 Å². The van der Waals surface area contributed by atoms with Gasteiger partial charge < -0.3 is 10.6 Å². The molecule has 0 spiro atoms. The Hall–Kier alpha value is -1.00. The van der Waals surface area contributed by atoms with Crippen LogP contribution in [0.25, 0.3) is 0 Å². The second-order valence-electron chi connectivity index (χ2n) is 4.98. The minimum atomic E-state index is 0.0887. The van der Waals surface area contributed by atoms with E-state index in [0.717, 1.165) is 12.1 Å². The van der Waals surface area contributed by atoms with E-state index in [1.54, 1.807) is 11.8 Å². The highest BCUT2D eigenvalue weighted by Gasteiger charge is 2.19. The van der Waals surface area contributed by atoms with Crippen LogP contribution >= 0.6 is 11.8 Å². The molecule has 0 bridgehead atoms. The first-order valence-electron chi connectivity index (χ1n) is 5.75. The van der Waals surface area contributed by atoms with E-state index in [-0.39, 0.29) is 11.4 Å². The second-order valence-corrected chi connectivity index (χ2v) is 6.00. The summed E-state index contributed by atoms with van der Waals surface area (Å²) in [5.41, 5.74) is 2.33. The third-order valence-corrected chi connectivity index (χ3v) is 4.06. The Kier molecular flexibility index (Phi) is 3.45. The maximum Gasteiger partial charge on any atom is 0.234 e. The van der Waals surface area contributed by atoms with Gasteiger partial charge in [0.15, 0.2) is 0 Å². The lowest BCUT2D eigenvalue weighted by Crippen LogP contribution is -2.38. The summed E-state index contributed by atoms with van der Waals surface area (Å²) in [6, 6.07) is 6.27. The predicted molar refractivity (Wildman–Crippen MR) is 72.6 cm³/mol. The number of carbonyl (C=O) groups excluding carboxylic acids is 1. The van der Waals surface area contributed by atoms with Gasteiger partial charge in [0.1, 0.15) is 0 Å². The van der Waals surface area contributed by atoms with Crippen molar-refractivity contribution in [2.45, 2.75) is 30.7 Å². The minimum Gasteiger partial charge on any atom is -0.324 e. The highest BCUT2D eigenvalue weighted by atomic mass is 32.2. The van der Waals surface area contributed by atoms with Crippen LogP contribution in [0.3, 0.4) is 0 Å². The van der Waals surface area contributed by atoms with Crippen molar-refractivity contribution in [2.24, 2.45) is 0 Å². The molecule has 1 heterocycles. The van der Waals surface area contributed by atoms with Gasteiger partial charge in [-0.25, -0.2) is 0 Å². The fraction of sp³-hybridized carbons (Fsp3) is 0.462. The van der Waals surface area contributed by atoms with Gasteiger partial charge in [-0.2, -0.15) is 0 Å². The molecule has 2 N–H and O–H groups in total. The highest BCUT2D eigenvalue weighted by Crippen LogP contribution is 2.32. The topological polar surface area (TPSA) is 41.1 Å². The van der Waals surface area contributed by atoms with Crippen molar-refractivity contribution < 1.29 is 4.79 Å². The molecule has 0 aliphatic carbocycles. The quantitative estimate of drug-likeness (QED) is 0.864. The summed E-state index contributed by atoms with van der Waals surface area (Å²) in [7, 11) is 1.98. The number of amides is 1. The number of hydrogen-bond donors (Lipinski definition) is 2. The van der Waals surface area contributed by atoms with Crippen LogP contribution in [0.2, 0.25) is 0 Å². The SMILES string of the molecule is CNC(C)(C)Cc1ccc2c(c1)SCC(=O)N2. The highest BCUT2D eigenvalue weighted by molar-refractivity contribution is 8.00. The van der Waals surface area contributed by atoms with Gasteiger partial charge in [0, 0.05) is 10.4 Å². The van der Waals surface area contributed by atoms with E-state index in [2.05, 4.69) is 36.6 Å². The number of nitrogens with one attached hydrogen (secondary N) is 2. The molecule has 1 aromatic carbocycles. The summed E-state index contributed by atoms with van der Waals surface area (Å²) in [5.74, 6) is 0.608. The molecule has 0 unspecified atom stereocenters. The lowest BCUT2D eigenvalue weighted by molar-refractivity contribution is -0.113. The molecule has 1 aromatic rings. The van der Waals surface area contributed by atoms with Crippen molar-refractivity contribution >= 4 is 23.4 Å². The lowest BCUT2D eigenvalue weighted by atomic mass is 9.95. The summed E-state index contributed by atoms with van der Waals surface area (Å²) >= 11 is 1.61. The molecule has 17 heavy (non-hydrogen) atoms. The molecule has 1 aliphatic heterocycles. The van der Waals surface area contributed by atoms with Crippen molar-refractivity contribution in [2.75, 3.05) is 18.1 Å². The molecule has 0 atom stereocenters. The third-order valence-electron chi connectivity index (χ3n) is 3.00.